The van der Waals surface area contributed by atoms with Crippen molar-refractivity contribution in [3.8, 4) is 5.75 Å². The summed E-state index contributed by atoms with van der Waals surface area (Å²) in [5.74, 6) is -0.0435. The average Bonchev–Trinajstić information content (AvgIpc) is 3.14. The molecule has 0 spiro atoms. The van der Waals surface area contributed by atoms with Gasteiger partial charge in [-0.25, -0.2) is 8.42 Å². The molecule has 3 aromatic carbocycles. The van der Waals surface area contributed by atoms with Gasteiger partial charge in [0.25, 0.3) is 0 Å². The minimum Gasteiger partial charge on any atom is -0.744 e. The fourth-order valence-corrected chi connectivity index (χ4v) is 8.89. The van der Waals surface area contributed by atoms with Crippen LogP contribution in [-0.2, 0) is 22.1 Å². The topological polar surface area (TPSA) is 77.4 Å². The number of quaternary nitrogens is 1. The summed E-state index contributed by atoms with van der Waals surface area (Å²) in [5.41, 5.74) is 3.58. The Balaban J connectivity index is 0.000000532. The number of nitrogens with zero attached hydrogens (tertiary/aromatic N) is 1. The average molecular weight is 752 g/mol. The van der Waals surface area contributed by atoms with E-state index in [2.05, 4.69) is 66.1 Å². The van der Waals surface area contributed by atoms with Crippen LogP contribution in [0, 0.1) is 0 Å². The van der Waals surface area contributed by atoms with Crippen molar-refractivity contribution in [2.24, 2.45) is 0 Å². The van der Waals surface area contributed by atoms with Crippen molar-refractivity contribution >= 4 is 20.9 Å². The van der Waals surface area contributed by atoms with Gasteiger partial charge in [0.05, 0.1) is 25.5 Å². The Morgan fingerprint density at radius 1 is 0.566 bits per heavy atom. The second-order valence-electron chi connectivity index (χ2n) is 16.1. The van der Waals surface area contributed by atoms with Crippen LogP contribution in [0.4, 0.5) is 0 Å². The number of aryl methyl sites for hydroxylation is 1. The Bertz CT molecular complexity index is 1510. The maximum Gasteiger partial charge on any atom is 0.125 e. The third-order valence-electron chi connectivity index (χ3n) is 11.6. The van der Waals surface area contributed by atoms with E-state index < -0.39 is 10.1 Å². The first-order valence-corrected chi connectivity index (χ1v) is 23.0. The predicted octanol–water partition coefficient (Wildman–Crippen LogP) is 13.6. The van der Waals surface area contributed by atoms with Crippen molar-refractivity contribution in [1.29, 1.82) is 0 Å². The fourth-order valence-electron chi connectivity index (χ4n) is 8.21. The molecule has 3 rings (SSSR count). The van der Waals surface area contributed by atoms with E-state index in [0.717, 1.165) is 10.5 Å². The van der Waals surface area contributed by atoms with Gasteiger partial charge in [0.1, 0.15) is 21.4 Å². The zero-order valence-corrected chi connectivity index (χ0v) is 35.6. The molecule has 3 aromatic rings. The molecule has 0 saturated carbocycles. The molecule has 0 saturated heterocycles. The highest BCUT2D eigenvalue weighted by Gasteiger charge is 2.46. The molecule has 0 atom stereocenters. The third-order valence-corrected chi connectivity index (χ3v) is 12.5. The van der Waals surface area contributed by atoms with Gasteiger partial charge in [0.15, 0.2) is 0 Å². The second kappa shape index (κ2) is 25.6. The summed E-state index contributed by atoms with van der Waals surface area (Å²) < 4.78 is 33.9. The van der Waals surface area contributed by atoms with E-state index in [0.29, 0.717) is 5.39 Å². The van der Waals surface area contributed by atoms with Crippen LogP contribution in [0.1, 0.15) is 180 Å². The number of phenols is 1. The zero-order chi connectivity index (χ0) is 39.0. The van der Waals surface area contributed by atoms with E-state index in [9.17, 15) is 18.1 Å². The third kappa shape index (κ3) is 15.7. The van der Waals surface area contributed by atoms with Gasteiger partial charge >= 0.3 is 0 Å². The smallest absolute Gasteiger partial charge is 0.125 e. The van der Waals surface area contributed by atoms with Gasteiger partial charge in [0, 0.05) is 29.2 Å². The van der Waals surface area contributed by atoms with Gasteiger partial charge in [-0.3, -0.25) is 0 Å². The van der Waals surface area contributed by atoms with Gasteiger partial charge in [-0.15, -0.1) is 0 Å². The predicted molar refractivity (Wildman–Crippen MR) is 227 cm³/mol. The molecule has 300 valence electrons. The molecular weight excluding hydrogens is 675 g/mol. The Morgan fingerprint density at radius 3 is 1.53 bits per heavy atom. The normalized spacial score (nSPS) is 12.2. The lowest BCUT2D eigenvalue weighted by atomic mass is 9.75. The van der Waals surface area contributed by atoms with Crippen molar-refractivity contribution in [3.05, 3.63) is 71.8 Å². The highest BCUT2D eigenvalue weighted by molar-refractivity contribution is 7.86. The number of hydrogen-bond acceptors (Lipinski definition) is 4. The molecular formula is C47H77NO4S. The number of unbranched alkanes of at least 4 members (excludes halogenated alkanes) is 16. The number of rotatable bonds is 27. The number of fused-ring (bicyclic) bond motifs is 1. The Labute approximate surface area is 326 Å². The minimum atomic E-state index is -4.51. The lowest BCUT2D eigenvalue weighted by Crippen LogP contribution is -2.58. The van der Waals surface area contributed by atoms with Gasteiger partial charge in [0.2, 0.25) is 0 Å². The van der Waals surface area contributed by atoms with E-state index in [1.54, 1.807) is 29.3 Å². The van der Waals surface area contributed by atoms with Crippen LogP contribution in [0.3, 0.4) is 0 Å². The summed E-state index contributed by atoms with van der Waals surface area (Å²) in [7, 11) is 0.640. The largest absolute Gasteiger partial charge is 0.744 e. The number of phenolic OH excluding ortho intramolecular Hbond substituents is 1. The molecule has 5 nitrogen and oxygen atoms in total. The van der Waals surface area contributed by atoms with E-state index in [1.165, 1.54) is 166 Å². The van der Waals surface area contributed by atoms with Gasteiger partial charge in [-0.1, -0.05) is 173 Å². The summed E-state index contributed by atoms with van der Waals surface area (Å²) in [6, 6.07) is 18.2. The first-order chi connectivity index (χ1) is 25.5. The van der Waals surface area contributed by atoms with Crippen LogP contribution in [0.15, 0.2) is 65.6 Å². The van der Waals surface area contributed by atoms with Crippen molar-refractivity contribution in [1.82, 2.24) is 0 Å². The minimum absolute atomic E-state index is 0.0435. The molecule has 1 N–H and O–H groups in total. The van der Waals surface area contributed by atoms with E-state index in [4.69, 9.17) is 0 Å². The molecule has 0 heterocycles. The monoisotopic (exact) mass is 752 g/mol. The summed E-state index contributed by atoms with van der Waals surface area (Å²) in [5, 5.41) is 10.1. The highest BCUT2D eigenvalue weighted by atomic mass is 32.2. The molecule has 0 unspecified atom stereocenters. The molecule has 0 aliphatic rings. The summed E-state index contributed by atoms with van der Waals surface area (Å²) in [6.45, 7) is 10.7. The highest BCUT2D eigenvalue weighted by Crippen LogP contribution is 2.44. The van der Waals surface area contributed by atoms with Gasteiger partial charge < -0.3 is 14.1 Å². The van der Waals surface area contributed by atoms with Crippen LogP contribution in [0.2, 0.25) is 0 Å². The zero-order valence-electron chi connectivity index (χ0n) is 34.8. The van der Waals surface area contributed by atoms with E-state index in [-0.39, 0.29) is 21.6 Å². The second-order valence-corrected chi connectivity index (χ2v) is 17.4. The molecule has 6 heteroatoms. The van der Waals surface area contributed by atoms with Crippen LogP contribution >= 0.6 is 0 Å². The standard InChI is InChI=1S/C37H70N.C10H8O4S/c1-7-11-15-16-17-18-19-20-21-22-23-24-25-28-34-38(5,6)37(32-13-9-3,33-14-10-4)36-31-27-26-30-35(36)29-12-8-2;11-9-5-6-10(15(12,13)14)8-4-2-1-3-7(8)9/h26-27,30-31H,7-25,28-29,32-34H2,1-6H3;1-6,11H,(H,12,13,14)/q+1;/p-1. The lowest BCUT2D eigenvalue weighted by molar-refractivity contribution is -0.951. The first-order valence-electron chi connectivity index (χ1n) is 21.6. The Hall–Kier alpha value is -2.41. The maximum absolute atomic E-state index is 10.9. The molecule has 0 aromatic heterocycles. The Morgan fingerprint density at radius 2 is 1.02 bits per heavy atom. The van der Waals surface area contributed by atoms with Crippen molar-refractivity contribution in [2.75, 3.05) is 20.6 Å². The van der Waals surface area contributed by atoms with Crippen molar-refractivity contribution in [3.63, 3.8) is 0 Å². The van der Waals surface area contributed by atoms with Crippen LogP contribution in [0.5, 0.6) is 5.75 Å². The number of aromatic hydroxyl groups is 1. The lowest BCUT2D eigenvalue weighted by Gasteiger charge is -2.50. The van der Waals surface area contributed by atoms with Crippen molar-refractivity contribution in [2.45, 2.75) is 186 Å². The molecule has 0 aliphatic carbocycles. The SMILES string of the molecule is CCCCCCCCCCCCCCCC[N+](C)(C)C(CCCC)(CCCC)c1ccccc1CCCC.O=S(=O)([O-])c1ccc(O)c2ccccc12. The van der Waals surface area contributed by atoms with Gasteiger partial charge in [-0.2, -0.15) is 0 Å². The molecule has 0 bridgehead atoms. The van der Waals surface area contributed by atoms with E-state index >= 15 is 0 Å². The van der Waals surface area contributed by atoms with Gasteiger partial charge in [-0.05, 0) is 56.2 Å². The van der Waals surface area contributed by atoms with Crippen LogP contribution in [-0.4, -0.2) is 43.2 Å². The molecule has 0 radical (unpaired) electrons. The summed E-state index contributed by atoms with van der Waals surface area (Å²) >= 11 is 0. The first kappa shape index (κ1) is 46.7. The fraction of sp³-hybridized carbons (Fsp3) is 0.660. The van der Waals surface area contributed by atoms with Crippen molar-refractivity contribution < 1.29 is 22.6 Å². The molecule has 0 fully saturated rings. The quantitative estimate of drug-likeness (QED) is 0.0478. The number of benzene rings is 3. The summed E-state index contributed by atoms with van der Waals surface area (Å²) in [6.07, 6.45) is 31.9. The number of hydrogen-bond donors (Lipinski definition) is 1. The maximum atomic E-state index is 10.9. The molecule has 0 amide bonds. The summed E-state index contributed by atoms with van der Waals surface area (Å²) in [4.78, 5) is -0.309. The molecule has 53 heavy (non-hydrogen) atoms. The van der Waals surface area contributed by atoms with E-state index in [1.807, 2.05) is 0 Å². The Kier molecular flexibility index (Phi) is 22.6. The van der Waals surface area contributed by atoms with Crippen LogP contribution in [0.25, 0.3) is 10.8 Å². The van der Waals surface area contributed by atoms with Crippen LogP contribution < -0.4 is 0 Å². The molecule has 0 aliphatic heterocycles.